The number of piperidine rings is 1. The highest BCUT2D eigenvalue weighted by atomic mass is 32.1. The van der Waals surface area contributed by atoms with Crippen molar-refractivity contribution in [2.45, 2.75) is 76.2 Å². The number of thiophene rings is 1. The standard InChI is InChI=1S/C38H42N8O6S/c1-19(41-37(49)51-3)35(47)45-13-5-6-29(45)33-39-17-27(43-33)21-8-11-25-26-12-9-22(16-31(26)53-30(25)15-21)28-18-40-34(44-28)32-23-7-10-24(14-23)46(32)36(48)20(2)42-38(50)52-4/h8-9,11-12,15-20,23-24,29,32H,5-7,10,13-14H2,1-4H3,(H,39,43)(H,40,44)(H,41,49)(H,42,50)/t19-,20-,23-,24+,29-,32-/m0/s1. The van der Waals surface area contributed by atoms with Gasteiger partial charge in [0.2, 0.25) is 11.8 Å². The normalized spacial score (nSPS) is 22.0. The van der Waals surface area contributed by atoms with Crippen LogP contribution in [0.5, 0.6) is 0 Å². The van der Waals surface area contributed by atoms with Gasteiger partial charge < -0.3 is 39.9 Å². The number of nitrogens with zero attached hydrogens (tertiary/aromatic N) is 4. The number of alkyl carbamates (subject to hydrolysis) is 2. The maximum atomic E-state index is 13.5. The molecule has 4 amide bonds. The van der Waals surface area contributed by atoms with Crippen molar-refractivity contribution >= 4 is 55.5 Å². The molecule has 5 aromatic rings. The number of H-pyrrole nitrogens is 2. The lowest BCUT2D eigenvalue weighted by atomic mass is 9.97. The topological polar surface area (TPSA) is 175 Å². The van der Waals surface area contributed by atoms with Crippen molar-refractivity contribution in [2.24, 2.45) is 5.92 Å². The number of imidazole rings is 2. The second-order valence-corrected chi connectivity index (χ2v) is 15.3. The van der Waals surface area contributed by atoms with Crippen LogP contribution in [0.2, 0.25) is 0 Å². The van der Waals surface area contributed by atoms with Gasteiger partial charge in [-0.2, -0.15) is 0 Å². The first-order valence-corrected chi connectivity index (χ1v) is 18.8. The summed E-state index contributed by atoms with van der Waals surface area (Å²) in [6, 6.07) is 11.2. The molecule has 0 radical (unpaired) electrons. The number of hydrogen-bond donors (Lipinski definition) is 4. The van der Waals surface area contributed by atoms with Crippen LogP contribution in [0.25, 0.3) is 42.7 Å². The summed E-state index contributed by atoms with van der Waals surface area (Å²) in [4.78, 5) is 70.4. The van der Waals surface area contributed by atoms with E-state index in [-0.39, 0.29) is 29.9 Å². The minimum atomic E-state index is -0.709. The molecule has 3 aliphatic rings. The summed E-state index contributed by atoms with van der Waals surface area (Å²) in [5.41, 5.74) is 3.76. The van der Waals surface area contributed by atoms with Gasteiger partial charge in [0, 0.05) is 43.9 Å². The van der Waals surface area contributed by atoms with E-state index in [1.807, 2.05) is 17.3 Å². The second-order valence-electron chi connectivity index (χ2n) is 14.2. The number of fused-ring (bicyclic) bond motifs is 5. The fraction of sp³-hybridized carbons (Fsp3) is 0.421. The van der Waals surface area contributed by atoms with E-state index in [0.29, 0.717) is 12.5 Å². The Morgan fingerprint density at radius 3 is 2.02 bits per heavy atom. The number of likely N-dealkylation sites (tertiary alicyclic amines) is 2. The van der Waals surface area contributed by atoms with Crippen molar-refractivity contribution < 1.29 is 28.7 Å². The van der Waals surface area contributed by atoms with E-state index in [9.17, 15) is 19.2 Å². The number of carbonyl (C=O) groups is 4. The maximum absolute atomic E-state index is 13.5. The van der Waals surface area contributed by atoms with Gasteiger partial charge in [-0.25, -0.2) is 19.6 Å². The fourth-order valence-corrected chi connectivity index (χ4v) is 9.62. The highest BCUT2D eigenvalue weighted by molar-refractivity contribution is 7.25. The van der Waals surface area contributed by atoms with Crippen LogP contribution in [0, 0.1) is 5.92 Å². The molecule has 3 fully saturated rings. The van der Waals surface area contributed by atoms with E-state index in [2.05, 4.69) is 66.7 Å². The quantitative estimate of drug-likeness (QED) is 0.149. The van der Waals surface area contributed by atoms with Crippen molar-refractivity contribution in [1.29, 1.82) is 0 Å². The SMILES string of the molecule is COC(=O)N[C@@H](C)C(=O)N1CCC[C@H]1c1ncc(-c2ccc3c(c2)sc2cc(-c4cnc([C@@H]5[C@H]6CC[C@H](C6)N5C(=O)[C@H](C)NC(=O)OC)[nH]4)ccc23)[nH]1. The predicted octanol–water partition coefficient (Wildman–Crippen LogP) is 6.04. The van der Waals surface area contributed by atoms with Crippen molar-refractivity contribution in [3.05, 3.63) is 60.4 Å². The molecule has 2 aliphatic heterocycles. The molecular formula is C38H42N8O6S. The van der Waals surface area contributed by atoms with Crippen LogP contribution in [0.3, 0.4) is 0 Å². The lowest BCUT2D eigenvalue weighted by molar-refractivity contribution is -0.137. The molecule has 1 aliphatic carbocycles. The van der Waals surface area contributed by atoms with Gasteiger partial charge in [0.1, 0.15) is 23.7 Å². The third kappa shape index (κ3) is 6.26. The predicted molar refractivity (Wildman–Crippen MR) is 199 cm³/mol. The molecule has 15 heteroatoms. The fourth-order valence-electron chi connectivity index (χ4n) is 8.44. The molecule has 4 N–H and O–H groups in total. The number of ether oxygens (including phenoxy) is 2. The third-order valence-electron chi connectivity index (χ3n) is 11.0. The molecule has 276 valence electrons. The molecule has 2 aromatic carbocycles. The first kappa shape index (κ1) is 34.6. The smallest absolute Gasteiger partial charge is 0.407 e. The van der Waals surface area contributed by atoms with Crippen LogP contribution in [-0.4, -0.2) is 92.6 Å². The van der Waals surface area contributed by atoms with Gasteiger partial charge in [-0.3, -0.25) is 9.59 Å². The monoisotopic (exact) mass is 738 g/mol. The summed E-state index contributed by atoms with van der Waals surface area (Å²) in [5.74, 6) is 1.51. The molecule has 0 spiro atoms. The molecule has 1 saturated carbocycles. The minimum Gasteiger partial charge on any atom is -0.453 e. The maximum Gasteiger partial charge on any atom is 0.407 e. The third-order valence-corrected chi connectivity index (χ3v) is 12.2. The van der Waals surface area contributed by atoms with E-state index >= 15 is 0 Å². The van der Waals surface area contributed by atoms with Gasteiger partial charge in [-0.15, -0.1) is 11.3 Å². The zero-order valence-electron chi connectivity index (χ0n) is 30.0. The molecular weight excluding hydrogens is 697 g/mol. The number of amides is 4. The Morgan fingerprint density at radius 1 is 0.811 bits per heavy atom. The zero-order valence-corrected chi connectivity index (χ0v) is 30.8. The summed E-state index contributed by atoms with van der Waals surface area (Å²) < 4.78 is 11.7. The summed E-state index contributed by atoms with van der Waals surface area (Å²) in [5, 5.41) is 7.52. The van der Waals surface area contributed by atoms with E-state index < -0.39 is 24.3 Å². The van der Waals surface area contributed by atoms with Crippen molar-refractivity contribution in [3.63, 3.8) is 0 Å². The molecule has 0 unspecified atom stereocenters. The molecule has 2 bridgehead atoms. The largest absolute Gasteiger partial charge is 0.453 e. The second kappa shape index (κ2) is 13.8. The first-order chi connectivity index (χ1) is 25.6. The molecule has 53 heavy (non-hydrogen) atoms. The highest BCUT2D eigenvalue weighted by Crippen LogP contribution is 2.50. The van der Waals surface area contributed by atoms with Gasteiger partial charge in [0.05, 0.1) is 50.1 Å². The van der Waals surface area contributed by atoms with Crippen LogP contribution in [-0.2, 0) is 19.1 Å². The van der Waals surface area contributed by atoms with Gasteiger partial charge >= 0.3 is 12.2 Å². The molecule has 2 saturated heterocycles. The Kier molecular flexibility index (Phi) is 9.05. The Bertz CT molecular complexity index is 2230. The zero-order chi connectivity index (χ0) is 37.0. The lowest BCUT2D eigenvalue weighted by Gasteiger charge is -2.36. The number of aromatic amines is 2. The number of carbonyl (C=O) groups excluding carboxylic acids is 4. The number of hydrogen-bond acceptors (Lipinski definition) is 9. The van der Waals surface area contributed by atoms with Gasteiger partial charge in [0.25, 0.3) is 0 Å². The number of nitrogens with one attached hydrogen (secondary N) is 4. The van der Waals surface area contributed by atoms with E-state index in [1.54, 1.807) is 30.1 Å². The van der Waals surface area contributed by atoms with Crippen LogP contribution in [0.15, 0.2) is 48.8 Å². The van der Waals surface area contributed by atoms with Crippen molar-refractivity contribution in [3.8, 4) is 22.5 Å². The summed E-state index contributed by atoms with van der Waals surface area (Å²) in [6.45, 7) is 3.94. The summed E-state index contributed by atoms with van der Waals surface area (Å²) >= 11 is 1.72. The lowest BCUT2D eigenvalue weighted by Crippen LogP contribution is -2.50. The highest BCUT2D eigenvalue weighted by Gasteiger charge is 2.50. The Balaban J connectivity index is 1.01. The van der Waals surface area contributed by atoms with E-state index in [1.165, 1.54) is 14.2 Å². The van der Waals surface area contributed by atoms with Gasteiger partial charge in [-0.05, 0) is 64.0 Å². The number of benzene rings is 2. The molecule has 14 nitrogen and oxygen atoms in total. The van der Waals surface area contributed by atoms with Crippen LogP contribution in [0.1, 0.15) is 69.7 Å². The number of rotatable bonds is 8. The average molecular weight is 739 g/mol. The van der Waals surface area contributed by atoms with Crippen molar-refractivity contribution in [2.75, 3.05) is 20.8 Å². The van der Waals surface area contributed by atoms with Gasteiger partial charge in [0.15, 0.2) is 0 Å². The van der Waals surface area contributed by atoms with Crippen molar-refractivity contribution in [1.82, 2.24) is 40.4 Å². The Hall–Kier alpha value is -5.44. The number of methoxy groups -OCH3 is 2. The van der Waals surface area contributed by atoms with Crippen LogP contribution in [0.4, 0.5) is 9.59 Å². The van der Waals surface area contributed by atoms with E-state index in [4.69, 9.17) is 9.72 Å². The summed E-state index contributed by atoms with van der Waals surface area (Å²) in [6.07, 6.45) is 6.95. The van der Waals surface area contributed by atoms with Crippen LogP contribution < -0.4 is 10.6 Å². The van der Waals surface area contributed by atoms with Gasteiger partial charge in [-0.1, -0.05) is 24.3 Å². The van der Waals surface area contributed by atoms with E-state index in [0.717, 1.165) is 86.4 Å². The molecule has 3 aromatic heterocycles. The first-order valence-electron chi connectivity index (χ1n) is 18.0. The van der Waals surface area contributed by atoms with Crippen LogP contribution >= 0.6 is 11.3 Å². The molecule has 6 atom stereocenters. The Morgan fingerprint density at radius 2 is 1.40 bits per heavy atom. The minimum absolute atomic E-state index is 0.127. The average Bonchev–Trinajstić information content (AvgIpc) is 4.02. The summed E-state index contributed by atoms with van der Waals surface area (Å²) in [7, 11) is 2.56. The molecule has 5 heterocycles. The number of aromatic nitrogens is 4. The Labute approximate surface area is 309 Å². The molecule has 8 rings (SSSR count).